The van der Waals surface area contributed by atoms with Crippen LogP contribution in [0.1, 0.15) is 30.1 Å². The van der Waals surface area contributed by atoms with Gasteiger partial charge >= 0.3 is 0 Å². The van der Waals surface area contributed by atoms with Gasteiger partial charge in [0.05, 0.1) is 16.3 Å². The molecule has 1 aliphatic heterocycles. The molecule has 1 N–H and O–H groups in total. The summed E-state index contributed by atoms with van der Waals surface area (Å²) in [7, 11) is 0. The number of likely N-dealkylation sites (tertiary alicyclic amines) is 1. The van der Waals surface area contributed by atoms with Gasteiger partial charge in [-0.25, -0.2) is 9.97 Å². The number of aromatic amines is 1. The number of imidazole rings is 1. The van der Waals surface area contributed by atoms with E-state index in [9.17, 15) is 0 Å². The van der Waals surface area contributed by atoms with Crippen LogP contribution in [0.4, 0.5) is 0 Å². The van der Waals surface area contributed by atoms with Gasteiger partial charge in [0.25, 0.3) is 0 Å². The maximum Gasteiger partial charge on any atom is 0.191 e. The summed E-state index contributed by atoms with van der Waals surface area (Å²) < 4.78 is 2.12. The summed E-state index contributed by atoms with van der Waals surface area (Å²) in [6, 6.07) is 27.2. The van der Waals surface area contributed by atoms with Gasteiger partial charge in [0.1, 0.15) is 11.5 Å². The van der Waals surface area contributed by atoms with E-state index in [4.69, 9.17) is 21.6 Å². The van der Waals surface area contributed by atoms with E-state index in [1.54, 1.807) is 11.3 Å². The number of pyridine rings is 1. The first kappa shape index (κ1) is 24.3. The van der Waals surface area contributed by atoms with E-state index in [-0.39, 0.29) is 0 Å². The number of halogens is 1. The van der Waals surface area contributed by atoms with Crippen LogP contribution in [0.15, 0.2) is 90.4 Å². The normalized spacial score (nSPS) is 14.8. The monoisotopic (exact) mass is 550 g/mol. The quantitative estimate of drug-likeness (QED) is 0.232. The van der Waals surface area contributed by atoms with Crippen molar-refractivity contribution in [1.29, 1.82) is 0 Å². The Balaban J connectivity index is 1.06. The zero-order chi connectivity index (χ0) is 26.2. The third-order valence-corrected chi connectivity index (χ3v) is 8.59. The number of nitrogens with zero attached hydrogens (tertiary/aromatic N) is 5. The summed E-state index contributed by atoms with van der Waals surface area (Å²) in [5.74, 6) is 2.27. The minimum atomic E-state index is 0.435. The van der Waals surface area contributed by atoms with Gasteiger partial charge < -0.3 is 0 Å². The molecule has 2 aromatic carbocycles. The molecule has 0 bridgehead atoms. The van der Waals surface area contributed by atoms with Crippen LogP contribution in [-0.4, -0.2) is 42.6 Å². The highest BCUT2D eigenvalue weighted by Crippen LogP contribution is 2.34. The molecule has 0 spiro atoms. The highest BCUT2D eigenvalue weighted by molar-refractivity contribution is 7.13. The van der Waals surface area contributed by atoms with E-state index in [0.29, 0.717) is 10.9 Å². The molecule has 0 unspecified atom stereocenters. The van der Waals surface area contributed by atoms with Crippen LogP contribution in [0, 0.1) is 0 Å². The van der Waals surface area contributed by atoms with Crippen LogP contribution in [0.3, 0.4) is 0 Å². The van der Waals surface area contributed by atoms with Gasteiger partial charge in [0.2, 0.25) is 0 Å². The van der Waals surface area contributed by atoms with Gasteiger partial charge in [-0.1, -0.05) is 72.3 Å². The molecule has 0 radical (unpaired) electrons. The van der Waals surface area contributed by atoms with Crippen molar-refractivity contribution < 1.29 is 0 Å². The second-order valence-corrected chi connectivity index (χ2v) is 11.4. The molecule has 0 atom stereocenters. The number of thiophene rings is 1. The number of hydrogen-bond donors (Lipinski definition) is 1. The molecular formula is C31H27ClN6S. The van der Waals surface area contributed by atoms with E-state index < -0.39 is 0 Å². The van der Waals surface area contributed by atoms with Gasteiger partial charge in [-0.05, 0) is 49.0 Å². The predicted octanol–water partition coefficient (Wildman–Crippen LogP) is 7.55. The van der Waals surface area contributed by atoms with Crippen LogP contribution < -0.4 is 0 Å². The second-order valence-electron chi connectivity index (χ2n) is 10.0. The molecule has 194 valence electrons. The maximum atomic E-state index is 6.29. The Bertz CT molecular complexity index is 1700. The van der Waals surface area contributed by atoms with E-state index in [0.717, 1.165) is 77.2 Å². The molecule has 0 amide bonds. The summed E-state index contributed by atoms with van der Waals surface area (Å²) in [5, 5.41) is 10.4. The van der Waals surface area contributed by atoms with Gasteiger partial charge in [0, 0.05) is 40.9 Å². The standard InChI is InChI=1S/C31H27ClN6S/c32-25-14-17-38-27(19-25)33-28(29(38)23-5-2-1-3-6-23)22-10-8-21(9-11-22)20-37-15-12-24(13-16-37)30-34-31(36-35-30)26-7-4-18-39-26/h1-11,14,17-19,24H,12-13,15-16,20H2,(H,34,35,36). The SMILES string of the molecule is Clc1ccn2c(-c3ccccc3)c(-c3ccc(CN4CCC(c5nc(-c6cccs6)n[nH]5)CC4)cc3)nc2c1. The molecule has 39 heavy (non-hydrogen) atoms. The van der Waals surface area contributed by atoms with Crippen molar-refractivity contribution in [1.82, 2.24) is 29.5 Å². The second kappa shape index (κ2) is 10.4. The molecular weight excluding hydrogens is 524 g/mol. The summed E-state index contributed by atoms with van der Waals surface area (Å²) in [4.78, 5) is 13.4. The van der Waals surface area contributed by atoms with Crippen molar-refractivity contribution in [2.75, 3.05) is 13.1 Å². The molecule has 1 saturated heterocycles. The van der Waals surface area contributed by atoms with Gasteiger partial charge in [-0.15, -0.1) is 11.3 Å². The first-order valence-electron chi connectivity index (χ1n) is 13.2. The summed E-state index contributed by atoms with van der Waals surface area (Å²) in [5.41, 5.74) is 6.42. The third-order valence-electron chi connectivity index (χ3n) is 7.49. The molecule has 0 saturated carbocycles. The summed E-state index contributed by atoms with van der Waals surface area (Å²) >= 11 is 7.96. The molecule has 8 heteroatoms. The molecule has 1 aliphatic rings. The number of nitrogens with one attached hydrogen (secondary N) is 1. The van der Waals surface area contributed by atoms with E-state index in [1.807, 2.05) is 30.5 Å². The zero-order valence-electron chi connectivity index (χ0n) is 21.3. The van der Waals surface area contributed by atoms with Crippen molar-refractivity contribution >= 4 is 28.6 Å². The summed E-state index contributed by atoms with van der Waals surface area (Å²) in [6.45, 7) is 3.04. The van der Waals surface area contributed by atoms with Gasteiger partial charge in [0.15, 0.2) is 5.82 Å². The molecule has 5 heterocycles. The van der Waals surface area contributed by atoms with Crippen LogP contribution in [0.25, 0.3) is 38.9 Å². The third kappa shape index (κ3) is 4.89. The fourth-order valence-electron chi connectivity index (χ4n) is 5.46. The lowest BCUT2D eigenvalue weighted by atomic mass is 9.95. The van der Waals surface area contributed by atoms with E-state index >= 15 is 0 Å². The number of benzene rings is 2. The lowest BCUT2D eigenvalue weighted by molar-refractivity contribution is 0.202. The van der Waals surface area contributed by atoms with Gasteiger partial charge in [-0.3, -0.25) is 14.4 Å². The lowest BCUT2D eigenvalue weighted by Crippen LogP contribution is -2.32. The van der Waals surface area contributed by atoms with Crippen molar-refractivity contribution in [3.05, 3.63) is 107 Å². The minimum absolute atomic E-state index is 0.435. The molecule has 6 aromatic rings. The van der Waals surface area contributed by atoms with Crippen LogP contribution in [0.2, 0.25) is 5.02 Å². The number of rotatable bonds is 6. The Morgan fingerprint density at radius 1 is 0.897 bits per heavy atom. The molecule has 0 aliphatic carbocycles. The Morgan fingerprint density at radius 2 is 1.72 bits per heavy atom. The van der Waals surface area contributed by atoms with Gasteiger partial charge in [-0.2, -0.15) is 5.10 Å². The number of piperidine rings is 1. The number of aromatic nitrogens is 5. The first-order chi connectivity index (χ1) is 19.2. The van der Waals surface area contributed by atoms with Crippen LogP contribution in [-0.2, 0) is 6.54 Å². The number of fused-ring (bicyclic) bond motifs is 1. The van der Waals surface area contributed by atoms with Crippen LogP contribution in [0.5, 0.6) is 0 Å². The molecule has 7 rings (SSSR count). The average molecular weight is 551 g/mol. The summed E-state index contributed by atoms with van der Waals surface area (Å²) in [6.07, 6.45) is 4.17. The Kier molecular flexibility index (Phi) is 6.48. The van der Waals surface area contributed by atoms with Crippen molar-refractivity contribution in [2.24, 2.45) is 0 Å². The lowest BCUT2D eigenvalue weighted by Gasteiger charge is -2.30. The molecule has 1 fully saturated rings. The average Bonchev–Trinajstić information content (AvgIpc) is 3.74. The molecule has 4 aromatic heterocycles. The van der Waals surface area contributed by atoms with Crippen molar-refractivity contribution in [3.8, 4) is 33.2 Å². The van der Waals surface area contributed by atoms with Crippen molar-refractivity contribution in [3.63, 3.8) is 0 Å². The smallest absolute Gasteiger partial charge is 0.191 e. The van der Waals surface area contributed by atoms with E-state index in [2.05, 4.69) is 79.5 Å². The molecule has 6 nitrogen and oxygen atoms in total. The first-order valence-corrected chi connectivity index (χ1v) is 14.5. The number of hydrogen-bond acceptors (Lipinski definition) is 5. The maximum absolute atomic E-state index is 6.29. The zero-order valence-corrected chi connectivity index (χ0v) is 22.9. The number of H-pyrrole nitrogens is 1. The fourth-order valence-corrected chi connectivity index (χ4v) is 6.27. The topological polar surface area (TPSA) is 62.1 Å². The Morgan fingerprint density at radius 3 is 2.49 bits per heavy atom. The Hall–Kier alpha value is -3.78. The minimum Gasteiger partial charge on any atom is -0.299 e. The fraction of sp³-hybridized carbons (Fsp3) is 0.194. The predicted molar refractivity (Wildman–Crippen MR) is 158 cm³/mol. The highest BCUT2D eigenvalue weighted by atomic mass is 35.5. The largest absolute Gasteiger partial charge is 0.299 e. The van der Waals surface area contributed by atoms with Crippen LogP contribution >= 0.6 is 22.9 Å². The Labute approximate surface area is 236 Å². The highest BCUT2D eigenvalue weighted by Gasteiger charge is 2.24. The van der Waals surface area contributed by atoms with E-state index in [1.165, 1.54) is 5.56 Å². The van der Waals surface area contributed by atoms with Crippen molar-refractivity contribution in [2.45, 2.75) is 25.3 Å².